The van der Waals surface area contributed by atoms with Crippen LogP contribution in [0.3, 0.4) is 0 Å². The summed E-state index contributed by atoms with van der Waals surface area (Å²) in [6.45, 7) is 3.25. The predicted molar refractivity (Wildman–Crippen MR) is 88.2 cm³/mol. The Kier molecular flexibility index (Phi) is 6.22. The van der Waals surface area contributed by atoms with Crippen molar-refractivity contribution < 1.29 is 13.2 Å². The number of benzene rings is 1. The van der Waals surface area contributed by atoms with Gasteiger partial charge in [-0.05, 0) is 36.5 Å². The number of nitrogens with zero attached hydrogens (tertiary/aromatic N) is 1. The third-order valence-corrected chi connectivity index (χ3v) is 5.02. The van der Waals surface area contributed by atoms with Gasteiger partial charge in [0.1, 0.15) is 0 Å². The first-order valence-electron chi connectivity index (χ1n) is 7.78. The number of hydrogen-bond donors (Lipinski definition) is 1. The molecule has 7 heteroatoms. The Hall–Kier alpha value is -0.490. The first-order chi connectivity index (χ1) is 10.5. The fourth-order valence-electron chi connectivity index (χ4n) is 3.50. The Bertz CT molecular complexity index is 527. The highest BCUT2D eigenvalue weighted by molar-refractivity contribution is 6.30. The lowest BCUT2D eigenvalue weighted by atomic mass is 9.75. The van der Waals surface area contributed by atoms with E-state index in [2.05, 4.69) is 10.2 Å². The van der Waals surface area contributed by atoms with E-state index in [0.717, 1.165) is 51.5 Å². The van der Waals surface area contributed by atoms with Crippen molar-refractivity contribution >= 4 is 24.0 Å². The average molecular weight is 369 g/mol. The summed E-state index contributed by atoms with van der Waals surface area (Å²) in [4.78, 5) is 2.21. The summed E-state index contributed by atoms with van der Waals surface area (Å²) in [6.07, 6.45) is -1.23. The Morgan fingerprint density at radius 1 is 1.17 bits per heavy atom. The molecule has 0 amide bonds. The van der Waals surface area contributed by atoms with Gasteiger partial charge in [0.15, 0.2) is 0 Å². The molecular formula is C16H21Cl2F3N2. The van der Waals surface area contributed by atoms with Crippen molar-refractivity contribution in [3.8, 4) is 0 Å². The van der Waals surface area contributed by atoms with Gasteiger partial charge in [-0.25, -0.2) is 0 Å². The van der Waals surface area contributed by atoms with Crippen LogP contribution < -0.4 is 5.32 Å². The molecule has 0 unspecified atom stereocenters. The van der Waals surface area contributed by atoms with Gasteiger partial charge in [-0.1, -0.05) is 24.1 Å². The molecule has 1 saturated heterocycles. The minimum atomic E-state index is -4.36. The van der Waals surface area contributed by atoms with Gasteiger partial charge < -0.3 is 5.32 Å². The number of hydrogen-bond acceptors (Lipinski definition) is 2. The summed E-state index contributed by atoms with van der Waals surface area (Å²) in [5.74, 6) is 0.320. The van der Waals surface area contributed by atoms with Gasteiger partial charge in [-0.3, -0.25) is 4.90 Å². The van der Waals surface area contributed by atoms with E-state index in [1.807, 2.05) is 0 Å². The predicted octanol–water partition coefficient (Wildman–Crippen LogP) is 4.53. The molecule has 23 heavy (non-hydrogen) atoms. The lowest BCUT2D eigenvalue weighted by Crippen LogP contribution is -2.48. The third kappa shape index (κ3) is 4.13. The zero-order valence-corrected chi connectivity index (χ0v) is 14.3. The molecule has 1 N–H and O–H groups in total. The molecule has 1 heterocycles. The molecule has 130 valence electrons. The van der Waals surface area contributed by atoms with E-state index >= 15 is 0 Å². The summed E-state index contributed by atoms with van der Waals surface area (Å²) < 4.78 is 40.4. The molecule has 0 radical (unpaired) electrons. The van der Waals surface area contributed by atoms with Gasteiger partial charge >= 0.3 is 6.18 Å². The summed E-state index contributed by atoms with van der Waals surface area (Å²) in [6, 6.07) is 4.09. The van der Waals surface area contributed by atoms with Crippen molar-refractivity contribution in [3.63, 3.8) is 0 Å². The van der Waals surface area contributed by atoms with Crippen LogP contribution in [0.15, 0.2) is 18.2 Å². The highest BCUT2D eigenvalue weighted by Gasteiger charge is 2.40. The van der Waals surface area contributed by atoms with Crippen LogP contribution in [0.25, 0.3) is 0 Å². The molecule has 1 aliphatic carbocycles. The van der Waals surface area contributed by atoms with E-state index in [4.69, 9.17) is 11.6 Å². The molecule has 2 nitrogen and oxygen atoms in total. The summed E-state index contributed by atoms with van der Waals surface area (Å²) >= 11 is 5.82. The molecule has 2 fully saturated rings. The molecule has 1 aromatic carbocycles. The first kappa shape index (κ1) is 18.8. The number of alkyl halides is 3. The van der Waals surface area contributed by atoms with Crippen LogP contribution in [0, 0.1) is 5.92 Å². The minimum Gasteiger partial charge on any atom is -0.314 e. The Morgan fingerprint density at radius 3 is 2.35 bits per heavy atom. The summed E-state index contributed by atoms with van der Waals surface area (Å²) in [5, 5.41) is 3.41. The number of nitrogens with one attached hydrogen (secondary N) is 1. The molecule has 1 saturated carbocycles. The van der Waals surface area contributed by atoms with Crippen molar-refractivity contribution in [1.29, 1.82) is 0 Å². The lowest BCUT2D eigenvalue weighted by molar-refractivity contribution is -0.139. The second-order valence-corrected chi connectivity index (χ2v) is 6.59. The molecule has 3 rings (SSSR count). The number of halogens is 5. The van der Waals surface area contributed by atoms with E-state index in [1.54, 1.807) is 12.1 Å². The maximum atomic E-state index is 13.5. The van der Waals surface area contributed by atoms with Crippen LogP contribution in [0.2, 0.25) is 5.02 Å². The molecule has 1 atom stereocenters. The van der Waals surface area contributed by atoms with Crippen LogP contribution in [-0.2, 0) is 6.18 Å². The number of piperazine rings is 1. The SMILES string of the molecule is Cl.FC(F)(F)c1cc(Cl)ccc1[C@H](C1CCC1)N1CCNCC1. The van der Waals surface area contributed by atoms with Crippen LogP contribution in [-0.4, -0.2) is 31.1 Å². The Morgan fingerprint density at radius 2 is 1.83 bits per heavy atom. The van der Waals surface area contributed by atoms with Crippen molar-refractivity contribution in [3.05, 3.63) is 34.3 Å². The van der Waals surface area contributed by atoms with Gasteiger partial charge in [-0.15, -0.1) is 12.4 Å². The maximum Gasteiger partial charge on any atom is 0.416 e. The molecule has 2 aliphatic rings. The highest BCUT2D eigenvalue weighted by atomic mass is 35.5. The van der Waals surface area contributed by atoms with Gasteiger partial charge in [-0.2, -0.15) is 13.2 Å². The van der Waals surface area contributed by atoms with Gasteiger partial charge in [0, 0.05) is 37.2 Å². The molecule has 1 aromatic rings. The molecule has 1 aliphatic heterocycles. The quantitative estimate of drug-likeness (QED) is 0.843. The van der Waals surface area contributed by atoms with Gasteiger partial charge in [0.25, 0.3) is 0 Å². The van der Waals surface area contributed by atoms with E-state index in [0.29, 0.717) is 11.5 Å². The largest absolute Gasteiger partial charge is 0.416 e. The smallest absolute Gasteiger partial charge is 0.314 e. The van der Waals surface area contributed by atoms with E-state index in [1.165, 1.54) is 0 Å². The van der Waals surface area contributed by atoms with Crippen molar-refractivity contribution in [1.82, 2.24) is 10.2 Å². The highest BCUT2D eigenvalue weighted by Crippen LogP contribution is 2.46. The standard InChI is InChI=1S/C16H20ClF3N2.ClH/c17-12-4-5-13(14(10-12)16(18,19)20)15(11-2-1-3-11)22-8-6-21-7-9-22;/h4-5,10-11,15,21H,1-3,6-9H2;1H/t15-;/m0./s1. The Balaban J connectivity index is 0.00000192. The maximum absolute atomic E-state index is 13.5. The van der Waals surface area contributed by atoms with Crippen LogP contribution >= 0.6 is 24.0 Å². The molecule has 0 spiro atoms. The summed E-state index contributed by atoms with van der Waals surface area (Å²) in [5.41, 5.74) is -0.182. The fraction of sp³-hybridized carbons (Fsp3) is 0.625. The van der Waals surface area contributed by atoms with Gasteiger partial charge in [0.2, 0.25) is 0 Å². The van der Waals surface area contributed by atoms with Crippen LogP contribution in [0.5, 0.6) is 0 Å². The van der Waals surface area contributed by atoms with Crippen LogP contribution in [0.4, 0.5) is 13.2 Å². The van der Waals surface area contributed by atoms with Gasteiger partial charge in [0.05, 0.1) is 5.56 Å². The second-order valence-electron chi connectivity index (χ2n) is 6.15. The zero-order valence-electron chi connectivity index (χ0n) is 12.7. The summed E-state index contributed by atoms with van der Waals surface area (Å²) in [7, 11) is 0. The average Bonchev–Trinajstić information content (AvgIpc) is 2.43. The third-order valence-electron chi connectivity index (χ3n) is 4.78. The monoisotopic (exact) mass is 368 g/mol. The van der Waals surface area contributed by atoms with Crippen molar-refractivity contribution in [2.75, 3.05) is 26.2 Å². The molecular weight excluding hydrogens is 348 g/mol. The minimum absolute atomic E-state index is 0. The fourth-order valence-corrected chi connectivity index (χ4v) is 3.67. The lowest BCUT2D eigenvalue weighted by Gasteiger charge is -2.44. The van der Waals surface area contributed by atoms with E-state index in [-0.39, 0.29) is 23.5 Å². The van der Waals surface area contributed by atoms with Crippen molar-refractivity contribution in [2.45, 2.75) is 31.5 Å². The van der Waals surface area contributed by atoms with E-state index in [9.17, 15) is 13.2 Å². The van der Waals surface area contributed by atoms with Crippen LogP contribution in [0.1, 0.15) is 36.4 Å². The number of rotatable bonds is 3. The Labute approximate surface area is 145 Å². The van der Waals surface area contributed by atoms with Crippen molar-refractivity contribution in [2.24, 2.45) is 5.92 Å². The topological polar surface area (TPSA) is 15.3 Å². The molecule has 0 aromatic heterocycles. The second kappa shape index (κ2) is 7.60. The normalized spacial score (nSPS) is 21.4. The van der Waals surface area contributed by atoms with E-state index < -0.39 is 11.7 Å². The first-order valence-corrected chi connectivity index (χ1v) is 8.16. The molecule has 0 bridgehead atoms. The zero-order chi connectivity index (χ0) is 15.7.